The number of aryl methyl sites for hydroxylation is 1. The summed E-state index contributed by atoms with van der Waals surface area (Å²) in [4.78, 5) is 28.4. The lowest BCUT2D eigenvalue weighted by molar-refractivity contribution is 0.102. The van der Waals surface area contributed by atoms with Crippen LogP contribution in [0.25, 0.3) is 16.7 Å². The van der Waals surface area contributed by atoms with Gasteiger partial charge in [-0.05, 0) is 32.5 Å². The van der Waals surface area contributed by atoms with Crippen LogP contribution in [-0.4, -0.2) is 51.4 Å². The van der Waals surface area contributed by atoms with Crippen molar-refractivity contribution in [2.75, 3.05) is 30.4 Å². The zero-order valence-corrected chi connectivity index (χ0v) is 17.3. The van der Waals surface area contributed by atoms with Crippen LogP contribution in [0.5, 0.6) is 0 Å². The predicted octanol–water partition coefficient (Wildman–Crippen LogP) is 2.78. The molecule has 0 saturated carbocycles. The molecule has 1 unspecified atom stereocenters. The third kappa shape index (κ3) is 3.46. The van der Waals surface area contributed by atoms with Crippen molar-refractivity contribution in [3.05, 3.63) is 60.1 Å². The monoisotopic (exact) mass is 419 g/mol. The average Bonchev–Trinajstić information content (AvgIpc) is 3.39. The highest BCUT2D eigenvalue weighted by Gasteiger charge is 2.24. The van der Waals surface area contributed by atoms with E-state index in [-0.39, 0.29) is 11.6 Å². The van der Waals surface area contributed by atoms with Gasteiger partial charge in [0.1, 0.15) is 11.0 Å². The molecule has 1 aliphatic rings. The Morgan fingerprint density at radius 3 is 2.77 bits per heavy atom. The van der Waals surface area contributed by atoms with Gasteiger partial charge in [0.25, 0.3) is 5.91 Å². The molecule has 31 heavy (non-hydrogen) atoms. The molecule has 1 saturated heterocycles. The van der Waals surface area contributed by atoms with E-state index < -0.39 is 5.82 Å². The molecule has 1 aliphatic heterocycles. The van der Waals surface area contributed by atoms with E-state index in [1.54, 1.807) is 42.2 Å². The van der Waals surface area contributed by atoms with Crippen molar-refractivity contribution < 1.29 is 9.18 Å². The van der Waals surface area contributed by atoms with E-state index in [4.69, 9.17) is 0 Å². The van der Waals surface area contributed by atoms with Crippen molar-refractivity contribution in [2.45, 2.75) is 19.4 Å². The van der Waals surface area contributed by atoms with Gasteiger partial charge in [0.2, 0.25) is 0 Å². The van der Waals surface area contributed by atoms with Crippen LogP contribution in [0.4, 0.5) is 15.8 Å². The fraction of sp³-hybridized carbons (Fsp3) is 0.273. The van der Waals surface area contributed by atoms with Crippen LogP contribution in [0.2, 0.25) is 0 Å². The summed E-state index contributed by atoms with van der Waals surface area (Å²) < 4.78 is 15.9. The van der Waals surface area contributed by atoms with Crippen molar-refractivity contribution >= 4 is 34.0 Å². The zero-order chi connectivity index (χ0) is 21.5. The van der Waals surface area contributed by atoms with Crippen LogP contribution in [0.1, 0.15) is 22.5 Å². The van der Waals surface area contributed by atoms with Crippen molar-refractivity contribution in [1.29, 1.82) is 0 Å². The maximum absolute atomic E-state index is 14.4. The number of nitrogens with zero attached hydrogens (tertiary/aromatic N) is 5. The number of carbonyl (C=O) groups is 1. The molecular formula is C22H22FN7O. The SMILES string of the molecule is CNC1CCN(c2ccc(C(=O)Nc3cc(F)c4nc(C)cn4c3)c3nccnc23)C1. The molecule has 0 radical (unpaired) electrons. The molecule has 0 bridgehead atoms. The number of fused-ring (bicyclic) bond motifs is 2. The number of anilines is 2. The van der Waals surface area contributed by atoms with Crippen LogP contribution in [0.15, 0.2) is 43.0 Å². The van der Waals surface area contributed by atoms with Gasteiger partial charge < -0.3 is 19.9 Å². The second-order valence-corrected chi connectivity index (χ2v) is 7.75. The Morgan fingerprint density at radius 1 is 1.19 bits per heavy atom. The number of nitrogens with one attached hydrogen (secondary N) is 2. The molecule has 2 N–H and O–H groups in total. The summed E-state index contributed by atoms with van der Waals surface area (Å²) >= 11 is 0. The smallest absolute Gasteiger partial charge is 0.257 e. The molecule has 1 atom stereocenters. The van der Waals surface area contributed by atoms with E-state index in [2.05, 4.69) is 30.5 Å². The lowest BCUT2D eigenvalue weighted by Gasteiger charge is -2.20. The molecule has 158 valence electrons. The summed E-state index contributed by atoms with van der Waals surface area (Å²) in [6.45, 7) is 3.57. The third-order valence-corrected chi connectivity index (χ3v) is 5.67. The van der Waals surface area contributed by atoms with Gasteiger partial charge >= 0.3 is 0 Å². The lowest BCUT2D eigenvalue weighted by Crippen LogP contribution is -2.29. The second-order valence-electron chi connectivity index (χ2n) is 7.75. The fourth-order valence-corrected chi connectivity index (χ4v) is 4.14. The fourth-order valence-electron chi connectivity index (χ4n) is 4.14. The Bertz CT molecular complexity index is 1300. The number of aromatic nitrogens is 4. The first-order valence-electron chi connectivity index (χ1n) is 10.2. The first-order valence-corrected chi connectivity index (χ1v) is 10.2. The van der Waals surface area contributed by atoms with Crippen molar-refractivity contribution in [1.82, 2.24) is 24.7 Å². The van der Waals surface area contributed by atoms with E-state index in [0.29, 0.717) is 34.0 Å². The molecule has 1 amide bonds. The molecule has 0 aliphatic carbocycles. The van der Waals surface area contributed by atoms with Crippen LogP contribution in [0, 0.1) is 12.7 Å². The summed E-state index contributed by atoms with van der Waals surface area (Å²) in [6, 6.07) is 5.35. The zero-order valence-electron chi connectivity index (χ0n) is 17.3. The summed E-state index contributed by atoms with van der Waals surface area (Å²) in [7, 11) is 1.96. The minimum Gasteiger partial charge on any atom is -0.368 e. The first-order chi connectivity index (χ1) is 15.0. The van der Waals surface area contributed by atoms with Gasteiger partial charge in [-0.1, -0.05) is 0 Å². The Hall–Kier alpha value is -3.59. The van der Waals surface area contributed by atoms with E-state index in [9.17, 15) is 9.18 Å². The Balaban J connectivity index is 1.49. The molecule has 5 rings (SSSR count). The standard InChI is InChI=1S/C22H22FN7O/c1-13-10-30-12-15(9-17(23)21(30)27-13)28-22(31)16-3-4-18(20-19(16)25-6-7-26-20)29-8-5-14(11-29)24-2/h3-4,6-7,9-10,12,14,24H,5,8,11H2,1-2H3,(H,28,31). The van der Waals surface area contributed by atoms with Crippen LogP contribution < -0.4 is 15.5 Å². The van der Waals surface area contributed by atoms with Gasteiger partial charge in [-0.25, -0.2) is 9.37 Å². The maximum atomic E-state index is 14.4. The minimum absolute atomic E-state index is 0.224. The molecule has 1 fully saturated rings. The van der Waals surface area contributed by atoms with Crippen LogP contribution >= 0.6 is 0 Å². The molecule has 3 aromatic heterocycles. The van der Waals surface area contributed by atoms with Crippen molar-refractivity contribution in [2.24, 2.45) is 0 Å². The average molecular weight is 419 g/mol. The quantitative estimate of drug-likeness (QED) is 0.529. The normalized spacial score (nSPS) is 16.4. The van der Waals surface area contributed by atoms with E-state index in [1.807, 2.05) is 13.1 Å². The number of imidazole rings is 1. The highest BCUT2D eigenvalue weighted by Crippen LogP contribution is 2.29. The summed E-state index contributed by atoms with van der Waals surface area (Å²) in [5, 5.41) is 6.09. The summed E-state index contributed by atoms with van der Waals surface area (Å²) in [6.07, 6.45) is 7.59. The van der Waals surface area contributed by atoms with Gasteiger partial charge in [0, 0.05) is 50.0 Å². The maximum Gasteiger partial charge on any atom is 0.257 e. The lowest BCUT2D eigenvalue weighted by atomic mass is 10.1. The molecule has 1 aromatic carbocycles. The minimum atomic E-state index is -0.501. The number of hydrogen-bond acceptors (Lipinski definition) is 6. The molecule has 4 aromatic rings. The highest BCUT2D eigenvalue weighted by molar-refractivity contribution is 6.13. The van der Waals surface area contributed by atoms with Crippen molar-refractivity contribution in [3.63, 3.8) is 0 Å². The van der Waals surface area contributed by atoms with Crippen LogP contribution in [0.3, 0.4) is 0 Å². The molecule has 4 heterocycles. The van der Waals surface area contributed by atoms with Crippen molar-refractivity contribution in [3.8, 4) is 0 Å². The number of benzene rings is 1. The molecule has 0 spiro atoms. The van der Waals surface area contributed by atoms with E-state index in [0.717, 1.165) is 25.2 Å². The van der Waals surface area contributed by atoms with Gasteiger partial charge in [0.15, 0.2) is 11.5 Å². The second kappa shape index (κ2) is 7.59. The number of amides is 1. The first kappa shape index (κ1) is 19.4. The Morgan fingerprint density at radius 2 is 2.00 bits per heavy atom. The molecular weight excluding hydrogens is 397 g/mol. The van der Waals surface area contributed by atoms with E-state index in [1.165, 1.54) is 6.07 Å². The topological polar surface area (TPSA) is 87.5 Å². The number of rotatable bonds is 4. The van der Waals surface area contributed by atoms with Gasteiger partial charge in [-0.3, -0.25) is 14.8 Å². The number of hydrogen-bond donors (Lipinski definition) is 2. The van der Waals surface area contributed by atoms with Gasteiger partial charge in [-0.15, -0.1) is 0 Å². The predicted molar refractivity (Wildman–Crippen MR) is 117 cm³/mol. The molecule has 9 heteroatoms. The van der Waals surface area contributed by atoms with Gasteiger partial charge in [0.05, 0.1) is 22.6 Å². The third-order valence-electron chi connectivity index (χ3n) is 5.67. The number of halogens is 1. The Labute approximate surface area is 178 Å². The van der Waals surface area contributed by atoms with E-state index >= 15 is 0 Å². The largest absolute Gasteiger partial charge is 0.368 e. The number of likely N-dealkylation sites (N-methyl/N-ethyl adjacent to an activating group) is 1. The summed E-state index contributed by atoms with van der Waals surface area (Å²) in [5.41, 5.74) is 3.80. The highest BCUT2D eigenvalue weighted by atomic mass is 19.1. The summed E-state index contributed by atoms with van der Waals surface area (Å²) in [5.74, 6) is -0.874. The molecule has 8 nitrogen and oxygen atoms in total. The Kier molecular flexibility index (Phi) is 4.74. The number of pyridine rings is 1. The van der Waals surface area contributed by atoms with Gasteiger partial charge in [-0.2, -0.15) is 0 Å². The number of carbonyl (C=O) groups excluding carboxylic acids is 1. The van der Waals surface area contributed by atoms with Crippen LogP contribution in [-0.2, 0) is 0 Å².